The molecule has 0 aliphatic carbocycles. The first-order valence-corrected chi connectivity index (χ1v) is 5.96. The number of nitrogens with one attached hydrogen (secondary N) is 1. The monoisotopic (exact) mass is 236 g/mol. The van der Waals surface area contributed by atoms with Gasteiger partial charge in [-0.05, 0) is 37.9 Å². The first-order chi connectivity index (χ1) is 7.86. The van der Waals surface area contributed by atoms with Crippen LogP contribution in [0.4, 0.5) is 0 Å². The van der Waals surface area contributed by atoms with Crippen LogP contribution < -0.4 is 5.32 Å². The Morgan fingerprint density at radius 3 is 3.00 bits per heavy atom. The Labute approximate surface area is 98.8 Å². The zero-order chi connectivity index (χ0) is 11.0. The number of nitrogens with zero attached hydrogens (tertiary/aromatic N) is 1. The lowest BCUT2D eigenvalue weighted by Crippen LogP contribution is -2.26. The Bertz CT molecular complexity index is 503. The number of hydrogen-bond acceptors (Lipinski definition) is 3. The minimum atomic E-state index is 0.529. The summed E-state index contributed by atoms with van der Waals surface area (Å²) in [6, 6.07) is 1.88. The van der Waals surface area contributed by atoms with Crippen LogP contribution in [0.15, 0.2) is 22.9 Å². The van der Waals surface area contributed by atoms with E-state index >= 15 is 0 Å². The van der Waals surface area contributed by atoms with E-state index in [9.17, 15) is 0 Å². The number of aromatic nitrogens is 1. The van der Waals surface area contributed by atoms with Crippen LogP contribution in [0.25, 0.3) is 11.0 Å². The smallest absolute Gasteiger partial charge is 0.141 e. The molecule has 0 spiro atoms. The van der Waals surface area contributed by atoms with E-state index < -0.39 is 0 Å². The van der Waals surface area contributed by atoms with Gasteiger partial charge in [0.1, 0.15) is 10.7 Å². The van der Waals surface area contributed by atoms with E-state index in [2.05, 4.69) is 10.3 Å². The predicted molar refractivity (Wildman–Crippen MR) is 63.9 cm³/mol. The number of hydrogen-bond donors (Lipinski definition) is 1. The highest BCUT2D eigenvalue weighted by molar-refractivity contribution is 6.34. The fraction of sp³-hybridized carbons (Fsp3) is 0.417. The van der Waals surface area contributed by atoms with E-state index in [1.807, 2.05) is 12.3 Å². The van der Waals surface area contributed by atoms with Gasteiger partial charge >= 0.3 is 0 Å². The van der Waals surface area contributed by atoms with E-state index in [1.165, 1.54) is 5.56 Å². The highest BCUT2D eigenvalue weighted by atomic mass is 35.5. The van der Waals surface area contributed by atoms with Crippen LogP contribution in [0.3, 0.4) is 0 Å². The number of fused-ring (bicyclic) bond motifs is 1. The lowest BCUT2D eigenvalue weighted by molar-refractivity contribution is 0.457. The fourth-order valence-electron chi connectivity index (χ4n) is 2.37. The Balaban J connectivity index is 2.08. The maximum atomic E-state index is 6.03. The summed E-state index contributed by atoms with van der Waals surface area (Å²) >= 11 is 6.03. The van der Waals surface area contributed by atoms with Gasteiger partial charge in [0.2, 0.25) is 0 Å². The van der Waals surface area contributed by atoms with Gasteiger partial charge in [-0.3, -0.25) is 0 Å². The standard InChI is InChI=1S/C12H13ClN2O/c13-12-9-3-6-16-11(9)10(7-15-12)8-1-4-14-5-2-8/h3,6-8,14H,1-2,4-5H2. The summed E-state index contributed by atoms with van der Waals surface area (Å²) in [6.07, 6.45) is 5.82. The molecule has 2 aromatic heterocycles. The van der Waals surface area contributed by atoms with Crippen LogP contribution in [-0.4, -0.2) is 18.1 Å². The molecule has 3 nitrogen and oxygen atoms in total. The molecule has 2 aromatic rings. The topological polar surface area (TPSA) is 38.1 Å². The molecular weight excluding hydrogens is 224 g/mol. The number of furan rings is 1. The molecule has 1 saturated heterocycles. The summed E-state index contributed by atoms with van der Waals surface area (Å²) in [5.41, 5.74) is 2.11. The lowest BCUT2D eigenvalue weighted by atomic mass is 9.91. The number of pyridine rings is 1. The van der Waals surface area contributed by atoms with Gasteiger partial charge in [0.25, 0.3) is 0 Å². The van der Waals surface area contributed by atoms with Crippen LogP contribution >= 0.6 is 11.6 Å². The van der Waals surface area contributed by atoms with E-state index in [0.29, 0.717) is 11.1 Å². The van der Waals surface area contributed by atoms with Gasteiger partial charge in [0, 0.05) is 11.8 Å². The molecule has 1 aliphatic heterocycles. The second kappa shape index (κ2) is 4.07. The van der Waals surface area contributed by atoms with Crippen molar-refractivity contribution >= 4 is 22.6 Å². The van der Waals surface area contributed by atoms with Gasteiger partial charge < -0.3 is 9.73 Å². The summed E-state index contributed by atoms with van der Waals surface area (Å²) in [6.45, 7) is 2.13. The largest absolute Gasteiger partial charge is 0.464 e. The van der Waals surface area contributed by atoms with E-state index in [1.54, 1.807) is 6.26 Å². The van der Waals surface area contributed by atoms with Crippen molar-refractivity contribution in [1.82, 2.24) is 10.3 Å². The molecule has 0 saturated carbocycles. The molecule has 1 aliphatic rings. The van der Waals surface area contributed by atoms with Crippen LogP contribution in [-0.2, 0) is 0 Å². The third-order valence-corrected chi connectivity index (χ3v) is 3.55. The summed E-state index contributed by atoms with van der Waals surface area (Å²) in [7, 11) is 0. The highest BCUT2D eigenvalue weighted by Gasteiger charge is 2.20. The third kappa shape index (κ3) is 1.60. The van der Waals surface area contributed by atoms with Crippen molar-refractivity contribution in [3.63, 3.8) is 0 Å². The van der Waals surface area contributed by atoms with Crippen molar-refractivity contribution in [2.75, 3.05) is 13.1 Å². The van der Waals surface area contributed by atoms with Gasteiger partial charge in [0.15, 0.2) is 0 Å². The van der Waals surface area contributed by atoms with Gasteiger partial charge in [-0.1, -0.05) is 11.6 Å². The highest BCUT2D eigenvalue weighted by Crippen LogP contribution is 2.33. The van der Waals surface area contributed by atoms with Gasteiger partial charge in [-0.15, -0.1) is 0 Å². The SMILES string of the molecule is Clc1ncc(C2CCNCC2)c2occc12. The summed E-state index contributed by atoms with van der Waals surface area (Å²) in [5.74, 6) is 0.541. The number of piperidine rings is 1. The number of halogens is 1. The zero-order valence-corrected chi connectivity index (χ0v) is 9.63. The maximum Gasteiger partial charge on any atom is 0.141 e. The minimum absolute atomic E-state index is 0.529. The molecule has 0 unspecified atom stereocenters. The molecule has 84 valence electrons. The molecule has 0 atom stereocenters. The van der Waals surface area contributed by atoms with Crippen LogP contribution in [0, 0.1) is 0 Å². The van der Waals surface area contributed by atoms with Gasteiger partial charge in [-0.2, -0.15) is 0 Å². The molecular formula is C12H13ClN2O. The van der Waals surface area contributed by atoms with Crippen molar-refractivity contribution in [2.45, 2.75) is 18.8 Å². The van der Waals surface area contributed by atoms with Crippen molar-refractivity contribution < 1.29 is 4.42 Å². The normalized spacial score (nSPS) is 18.1. The zero-order valence-electron chi connectivity index (χ0n) is 8.87. The van der Waals surface area contributed by atoms with E-state index in [-0.39, 0.29) is 0 Å². The molecule has 0 aromatic carbocycles. The Kier molecular flexibility index (Phi) is 2.58. The molecule has 1 N–H and O–H groups in total. The average Bonchev–Trinajstić information content (AvgIpc) is 2.81. The predicted octanol–water partition coefficient (Wildman–Crippen LogP) is 2.95. The molecule has 16 heavy (non-hydrogen) atoms. The van der Waals surface area contributed by atoms with Gasteiger partial charge in [-0.25, -0.2) is 4.98 Å². The fourth-order valence-corrected chi connectivity index (χ4v) is 2.57. The number of rotatable bonds is 1. The molecule has 0 amide bonds. The lowest BCUT2D eigenvalue weighted by Gasteiger charge is -2.22. The first kappa shape index (κ1) is 10.1. The summed E-state index contributed by atoms with van der Waals surface area (Å²) < 4.78 is 5.54. The summed E-state index contributed by atoms with van der Waals surface area (Å²) in [5, 5.41) is 4.82. The maximum absolute atomic E-state index is 6.03. The minimum Gasteiger partial charge on any atom is -0.464 e. The Morgan fingerprint density at radius 2 is 2.19 bits per heavy atom. The van der Waals surface area contributed by atoms with E-state index in [4.69, 9.17) is 16.0 Å². The second-order valence-corrected chi connectivity index (χ2v) is 4.55. The van der Waals surface area contributed by atoms with E-state index in [0.717, 1.165) is 36.9 Å². The molecule has 3 rings (SSSR count). The van der Waals surface area contributed by atoms with Crippen molar-refractivity contribution in [1.29, 1.82) is 0 Å². The Morgan fingerprint density at radius 1 is 1.38 bits per heavy atom. The first-order valence-electron chi connectivity index (χ1n) is 5.58. The van der Waals surface area contributed by atoms with Crippen LogP contribution in [0.1, 0.15) is 24.3 Å². The van der Waals surface area contributed by atoms with Crippen molar-refractivity contribution in [3.8, 4) is 0 Å². The summed E-state index contributed by atoms with van der Waals surface area (Å²) in [4.78, 5) is 4.24. The van der Waals surface area contributed by atoms with Crippen molar-refractivity contribution in [3.05, 3.63) is 29.2 Å². The third-order valence-electron chi connectivity index (χ3n) is 3.25. The second-order valence-electron chi connectivity index (χ2n) is 4.19. The molecule has 3 heterocycles. The quantitative estimate of drug-likeness (QED) is 0.774. The van der Waals surface area contributed by atoms with Crippen LogP contribution in [0.5, 0.6) is 0 Å². The molecule has 0 bridgehead atoms. The molecule has 0 radical (unpaired) electrons. The molecule has 4 heteroatoms. The van der Waals surface area contributed by atoms with Crippen molar-refractivity contribution in [2.24, 2.45) is 0 Å². The van der Waals surface area contributed by atoms with Crippen LogP contribution in [0.2, 0.25) is 5.15 Å². The Hall–Kier alpha value is -1.06. The van der Waals surface area contributed by atoms with Gasteiger partial charge in [0.05, 0.1) is 11.6 Å². The average molecular weight is 237 g/mol. The molecule has 1 fully saturated rings.